The van der Waals surface area contributed by atoms with Crippen LogP contribution in [0.4, 0.5) is 35.0 Å². The molecule has 0 aliphatic heterocycles. The predicted octanol–water partition coefficient (Wildman–Crippen LogP) is 5.26. The highest BCUT2D eigenvalue weighted by molar-refractivity contribution is 5.67. The molecule has 0 atom stereocenters. The molecule has 28 heavy (non-hydrogen) atoms. The van der Waals surface area contributed by atoms with Crippen LogP contribution in [0.2, 0.25) is 0 Å². The molecule has 0 aliphatic rings. The van der Waals surface area contributed by atoms with Crippen molar-refractivity contribution >= 4 is 17.5 Å². The summed E-state index contributed by atoms with van der Waals surface area (Å²) in [6.45, 7) is 3.73. The van der Waals surface area contributed by atoms with Crippen LogP contribution in [0.25, 0.3) is 11.4 Å². The third-order valence-corrected chi connectivity index (χ3v) is 3.64. The Hall–Kier alpha value is -3.23. The number of anilines is 3. The Bertz CT molecular complexity index is 958. The van der Waals surface area contributed by atoms with Crippen molar-refractivity contribution < 1.29 is 17.6 Å². The van der Waals surface area contributed by atoms with Crippen LogP contribution in [-0.4, -0.2) is 21.0 Å². The Morgan fingerprint density at radius 2 is 1.75 bits per heavy atom. The Morgan fingerprint density at radius 1 is 0.964 bits per heavy atom. The molecule has 3 rings (SSSR count). The van der Waals surface area contributed by atoms with Gasteiger partial charge in [-0.3, -0.25) is 4.98 Å². The summed E-state index contributed by atoms with van der Waals surface area (Å²) in [5, 5.41) is 5.45. The highest BCUT2D eigenvalue weighted by atomic mass is 19.4. The van der Waals surface area contributed by atoms with Gasteiger partial charge in [0.2, 0.25) is 5.95 Å². The Kier molecular flexibility index (Phi) is 5.43. The minimum Gasteiger partial charge on any atom is -0.352 e. The lowest BCUT2D eigenvalue weighted by atomic mass is 10.1. The molecule has 0 saturated heterocycles. The number of hydrogen-bond acceptors (Lipinski definition) is 5. The lowest BCUT2D eigenvalue weighted by Crippen LogP contribution is -2.14. The second kappa shape index (κ2) is 7.79. The fraction of sp³-hybridized carbons (Fsp3) is 0.211. The first-order chi connectivity index (χ1) is 13.2. The minimum absolute atomic E-state index is 0.00871. The molecule has 3 aromatic rings. The summed E-state index contributed by atoms with van der Waals surface area (Å²) in [5.41, 5.74) is -0.935. The normalized spacial score (nSPS) is 11.5. The molecule has 2 heterocycles. The van der Waals surface area contributed by atoms with Crippen LogP contribution in [0.15, 0.2) is 48.7 Å². The van der Waals surface area contributed by atoms with Crippen LogP contribution in [-0.2, 0) is 6.18 Å². The predicted molar refractivity (Wildman–Crippen MR) is 98.7 cm³/mol. The molecule has 0 fully saturated rings. The summed E-state index contributed by atoms with van der Waals surface area (Å²) in [4.78, 5) is 12.7. The van der Waals surface area contributed by atoms with Crippen LogP contribution in [0.1, 0.15) is 19.4 Å². The zero-order valence-corrected chi connectivity index (χ0v) is 15.0. The van der Waals surface area contributed by atoms with Gasteiger partial charge >= 0.3 is 6.18 Å². The van der Waals surface area contributed by atoms with Gasteiger partial charge in [-0.1, -0.05) is 12.1 Å². The van der Waals surface area contributed by atoms with E-state index in [1.165, 1.54) is 6.07 Å². The number of nitrogens with zero attached hydrogens (tertiary/aromatic N) is 3. The molecule has 0 aliphatic carbocycles. The van der Waals surface area contributed by atoms with Gasteiger partial charge in [-0.05, 0) is 38.1 Å². The maximum absolute atomic E-state index is 14.2. The Labute approximate surface area is 158 Å². The van der Waals surface area contributed by atoms with E-state index in [9.17, 15) is 17.6 Å². The average molecular weight is 391 g/mol. The monoisotopic (exact) mass is 391 g/mol. The molecule has 5 nitrogen and oxygen atoms in total. The van der Waals surface area contributed by atoms with Crippen molar-refractivity contribution in [2.75, 3.05) is 10.6 Å². The standard InChI is InChI=1S/C19H17F4N5/c1-11(2)25-18-26-15(14-8-3-4-9-24-14)10-16(28-18)27-17-12(19(21,22)23)6-5-7-13(17)20/h3-11H,1-2H3,(H2,25,26,27,28). The first kappa shape index (κ1) is 19.5. The molecule has 0 saturated carbocycles. The Morgan fingerprint density at radius 3 is 2.39 bits per heavy atom. The van der Waals surface area contributed by atoms with Crippen molar-refractivity contribution in [2.45, 2.75) is 26.1 Å². The topological polar surface area (TPSA) is 62.7 Å². The fourth-order valence-electron chi connectivity index (χ4n) is 2.49. The van der Waals surface area contributed by atoms with Crippen LogP contribution >= 0.6 is 0 Å². The average Bonchev–Trinajstić information content (AvgIpc) is 2.62. The van der Waals surface area contributed by atoms with Crippen LogP contribution < -0.4 is 10.6 Å². The summed E-state index contributed by atoms with van der Waals surface area (Å²) >= 11 is 0. The molecule has 0 spiro atoms. The largest absolute Gasteiger partial charge is 0.418 e. The van der Waals surface area contributed by atoms with Crippen molar-refractivity contribution in [2.24, 2.45) is 0 Å². The second-order valence-corrected chi connectivity index (χ2v) is 6.26. The van der Waals surface area contributed by atoms with E-state index in [0.717, 1.165) is 18.2 Å². The number of nitrogens with one attached hydrogen (secondary N) is 2. The van der Waals surface area contributed by atoms with Gasteiger partial charge in [0.25, 0.3) is 0 Å². The van der Waals surface area contributed by atoms with Crippen molar-refractivity contribution in [1.82, 2.24) is 15.0 Å². The van der Waals surface area contributed by atoms with Crippen molar-refractivity contribution in [1.29, 1.82) is 0 Å². The van der Waals surface area contributed by atoms with E-state index >= 15 is 0 Å². The van der Waals surface area contributed by atoms with Gasteiger partial charge in [0.15, 0.2) is 0 Å². The van der Waals surface area contributed by atoms with Crippen LogP contribution in [0, 0.1) is 5.82 Å². The molecule has 0 bridgehead atoms. The summed E-state index contributed by atoms with van der Waals surface area (Å²) in [6, 6.07) is 9.35. The third-order valence-electron chi connectivity index (χ3n) is 3.64. The van der Waals surface area contributed by atoms with Gasteiger partial charge in [0.05, 0.1) is 22.6 Å². The smallest absolute Gasteiger partial charge is 0.352 e. The molecule has 146 valence electrons. The lowest BCUT2D eigenvalue weighted by Gasteiger charge is -2.16. The minimum atomic E-state index is -4.72. The SMILES string of the molecule is CC(C)Nc1nc(Nc2c(F)cccc2C(F)(F)F)cc(-c2ccccn2)n1. The van der Waals surface area contributed by atoms with Crippen LogP contribution in [0.3, 0.4) is 0 Å². The van der Waals surface area contributed by atoms with Gasteiger partial charge in [-0.25, -0.2) is 9.37 Å². The van der Waals surface area contributed by atoms with Gasteiger partial charge in [0, 0.05) is 18.3 Å². The van der Waals surface area contributed by atoms with Crippen molar-refractivity contribution in [3.8, 4) is 11.4 Å². The first-order valence-electron chi connectivity index (χ1n) is 8.44. The number of hydrogen-bond donors (Lipinski definition) is 2. The molecule has 0 radical (unpaired) electrons. The van der Waals surface area contributed by atoms with Crippen molar-refractivity contribution in [3.05, 3.63) is 60.0 Å². The maximum atomic E-state index is 14.2. The molecule has 2 N–H and O–H groups in total. The zero-order chi connectivity index (χ0) is 20.3. The molecular formula is C19H17F4N5. The number of alkyl halides is 3. The van der Waals surface area contributed by atoms with E-state index in [1.54, 1.807) is 24.4 Å². The number of pyridine rings is 1. The fourth-order valence-corrected chi connectivity index (χ4v) is 2.49. The number of rotatable bonds is 5. The molecule has 2 aromatic heterocycles. The highest BCUT2D eigenvalue weighted by Gasteiger charge is 2.35. The zero-order valence-electron chi connectivity index (χ0n) is 15.0. The maximum Gasteiger partial charge on any atom is 0.418 e. The van der Waals surface area contributed by atoms with Crippen LogP contribution in [0.5, 0.6) is 0 Å². The number of benzene rings is 1. The van der Waals surface area contributed by atoms with E-state index < -0.39 is 23.2 Å². The second-order valence-electron chi connectivity index (χ2n) is 6.26. The van der Waals surface area contributed by atoms with E-state index in [1.807, 2.05) is 13.8 Å². The summed E-state index contributed by atoms with van der Waals surface area (Å²) < 4.78 is 54.0. The van der Waals surface area contributed by atoms with E-state index in [-0.39, 0.29) is 17.8 Å². The summed E-state index contributed by atoms with van der Waals surface area (Å²) in [7, 11) is 0. The number of aromatic nitrogens is 3. The van der Waals surface area contributed by atoms with E-state index in [0.29, 0.717) is 11.4 Å². The van der Waals surface area contributed by atoms with Gasteiger partial charge in [-0.2, -0.15) is 18.2 Å². The number of para-hydroxylation sites is 1. The molecule has 0 unspecified atom stereocenters. The molecule has 0 amide bonds. The molecule has 1 aromatic carbocycles. The third kappa shape index (κ3) is 4.54. The first-order valence-corrected chi connectivity index (χ1v) is 8.44. The summed E-state index contributed by atoms with van der Waals surface area (Å²) in [5.74, 6) is -0.842. The quantitative estimate of drug-likeness (QED) is 0.581. The van der Waals surface area contributed by atoms with Gasteiger partial charge in [-0.15, -0.1) is 0 Å². The van der Waals surface area contributed by atoms with E-state index in [2.05, 4.69) is 25.6 Å². The van der Waals surface area contributed by atoms with Crippen molar-refractivity contribution in [3.63, 3.8) is 0 Å². The molecule has 9 heteroatoms. The van der Waals surface area contributed by atoms with E-state index in [4.69, 9.17) is 0 Å². The van der Waals surface area contributed by atoms with Gasteiger partial charge in [0.1, 0.15) is 11.6 Å². The Balaban J connectivity index is 2.08. The highest BCUT2D eigenvalue weighted by Crippen LogP contribution is 2.37. The lowest BCUT2D eigenvalue weighted by molar-refractivity contribution is -0.137. The molecular weight excluding hydrogens is 374 g/mol. The number of halogens is 4. The van der Waals surface area contributed by atoms with Gasteiger partial charge < -0.3 is 10.6 Å². The summed E-state index contributed by atoms with van der Waals surface area (Å²) in [6.07, 6.45) is -3.15.